The lowest BCUT2D eigenvalue weighted by Crippen LogP contribution is -2.43. The lowest BCUT2D eigenvalue weighted by Gasteiger charge is -2.31. The predicted octanol–water partition coefficient (Wildman–Crippen LogP) is 2.43. The second-order valence-electron chi connectivity index (χ2n) is 7.28. The van der Waals surface area contributed by atoms with Gasteiger partial charge in [0.2, 0.25) is 15.9 Å². The molecule has 0 bridgehead atoms. The van der Waals surface area contributed by atoms with Gasteiger partial charge < -0.3 is 10.2 Å². The van der Waals surface area contributed by atoms with Gasteiger partial charge in [0.1, 0.15) is 0 Å². The molecular weight excluding hydrogens is 390 g/mol. The van der Waals surface area contributed by atoms with Crippen LogP contribution in [0.15, 0.2) is 59.5 Å². The number of anilines is 1. The van der Waals surface area contributed by atoms with Crippen LogP contribution in [-0.4, -0.2) is 56.6 Å². The van der Waals surface area contributed by atoms with Crippen LogP contribution in [0, 0.1) is 5.92 Å². The number of hydrogen-bond donors (Lipinski definition) is 1. The van der Waals surface area contributed by atoms with Gasteiger partial charge >= 0.3 is 0 Å². The SMILES string of the molecule is CN(C)C(=O)c1ccc(NC(=O)[C@@H]2CCCN(S(=O)(=O)c3ccccc3)C2)cc1. The normalized spacial score (nSPS) is 17.5. The van der Waals surface area contributed by atoms with Gasteiger partial charge in [0, 0.05) is 38.4 Å². The van der Waals surface area contributed by atoms with Crippen LogP contribution in [0.3, 0.4) is 0 Å². The van der Waals surface area contributed by atoms with Gasteiger partial charge in [0.05, 0.1) is 10.8 Å². The molecular formula is C21H25N3O4S. The van der Waals surface area contributed by atoms with Crippen molar-refractivity contribution < 1.29 is 18.0 Å². The number of carbonyl (C=O) groups excluding carboxylic acids is 2. The topological polar surface area (TPSA) is 86.8 Å². The molecule has 1 atom stereocenters. The molecule has 3 rings (SSSR count). The Kier molecular flexibility index (Phi) is 6.34. The van der Waals surface area contributed by atoms with E-state index in [-0.39, 0.29) is 23.3 Å². The number of piperidine rings is 1. The molecule has 1 N–H and O–H groups in total. The number of rotatable bonds is 5. The molecule has 2 amide bonds. The van der Waals surface area contributed by atoms with Gasteiger partial charge in [0.25, 0.3) is 5.91 Å². The van der Waals surface area contributed by atoms with Gasteiger partial charge in [-0.15, -0.1) is 0 Å². The quantitative estimate of drug-likeness (QED) is 0.813. The fourth-order valence-electron chi connectivity index (χ4n) is 3.31. The number of hydrogen-bond acceptors (Lipinski definition) is 4. The van der Waals surface area contributed by atoms with Crippen LogP contribution in [-0.2, 0) is 14.8 Å². The first kappa shape index (κ1) is 21.0. The number of carbonyl (C=O) groups is 2. The van der Waals surface area contributed by atoms with Crippen LogP contribution in [0.25, 0.3) is 0 Å². The molecule has 7 nitrogen and oxygen atoms in total. The second kappa shape index (κ2) is 8.75. The molecule has 1 fully saturated rings. The van der Waals surface area contributed by atoms with E-state index in [2.05, 4.69) is 5.32 Å². The molecule has 8 heteroatoms. The third-order valence-electron chi connectivity index (χ3n) is 4.94. The van der Waals surface area contributed by atoms with Crippen molar-refractivity contribution >= 4 is 27.5 Å². The molecule has 0 aliphatic carbocycles. The Labute approximate surface area is 171 Å². The van der Waals surface area contributed by atoms with E-state index < -0.39 is 15.9 Å². The van der Waals surface area contributed by atoms with Crippen LogP contribution >= 0.6 is 0 Å². The Bertz CT molecular complexity index is 973. The van der Waals surface area contributed by atoms with Crippen molar-refractivity contribution in [3.8, 4) is 0 Å². The molecule has 1 heterocycles. The molecule has 2 aromatic rings. The van der Waals surface area contributed by atoms with Crippen molar-refractivity contribution in [3.63, 3.8) is 0 Å². The third kappa shape index (κ3) is 4.83. The minimum Gasteiger partial charge on any atom is -0.345 e. The number of amides is 2. The van der Waals surface area contributed by atoms with Gasteiger partial charge in [-0.2, -0.15) is 4.31 Å². The zero-order valence-corrected chi connectivity index (χ0v) is 17.4. The lowest BCUT2D eigenvalue weighted by molar-refractivity contribution is -0.120. The Balaban J connectivity index is 1.66. The first-order chi connectivity index (χ1) is 13.8. The molecule has 0 spiro atoms. The second-order valence-corrected chi connectivity index (χ2v) is 9.22. The van der Waals surface area contributed by atoms with Crippen molar-refractivity contribution in [2.45, 2.75) is 17.7 Å². The van der Waals surface area contributed by atoms with Gasteiger partial charge in [-0.3, -0.25) is 9.59 Å². The van der Waals surface area contributed by atoms with Crippen molar-refractivity contribution in [2.75, 3.05) is 32.5 Å². The van der Waals surface area contributed by atoms with Gasteiger partial charge in [0.15, 0.2) is 0 Å². The summed E-state index contributed by atoms with van der Waals surface area (Å²) in [5.41, 5.74) is 1.11. The van der Waals surface area contributed by atoms with Crippen molar-refractivity contribution in [2.24, 2.45) is 5.92 Å². The summed E-state index contributed by atoms with van der Waals surface area (Å²) >= 11 is 0. The van der Waals surface area contributed by atoms with Gasteiger partial charge in [-0.1, -0.05) is 18.2 Å². The highest BCUT2D eigenvalue weighted by Crippen LogP contribution is 2.25. The highest BCUT2D eigenvalue weighted by molar-refractivity contribution is 7.89. The summed E-state index contributed by atoms with van der Waals surface area (Å²) in [5.74, 6) is -0.758. The minimum absolute atomic E-state index is 0.114. The zero-order valence-electron chi connectivity index (χ0n) is 16.5. The Morgan fingerprint density at radius 1 is 1.03 bits per heavy atom. The molecule has 1 saturated heterocycles. The maximum Gasteiger partial charge on any atom is 0.253 e. The van der Waals surface area contributed by atoms with E-state index >= 15 is 0 Å². The summed E-state index contributed by atoms with van der Waals surface area (Å²) < 4.78 is 27.0. The average molecular weight is 416 g/mol. The van der Waals surface area contributed by atoms with E-state index in [1.165, 1.54) is 9.21 Å². The van der Waals surface area contributed by atoms with E-state index in [9.17, 15) is 18.0 Å². The van der Waals surface area contributed by atoms with Crippen molar-refractivity contribution in [1.29, 1.82) is 0 Å². The lowest BCUT2D eigenvalue weighted by atomic mass is 9.98. The van der Waals surface area contributed by atoms with Crippen LogP contribution in [0.2, 0.25) is 0 Å². The van der Waals surface area contributed by atoms with E-state index in [4.69, 9.17) is 0 Å². The highest BCUT2D eigenvalue weighted by Gasteiger charge is 2.33. The molecule has 154 valence electrons. The molecule has 1 aliphatic heterocycles. The van der Waals surface area contributed by atoms with Gasteiger partial charge in [-0.05, 0) is 49.2 Å². The molecule has 0 saturated carbocycles. The Morgan fingerprint density at radius 3 is 2.31 bits per heavy atom. The van der Waals surface area contributed by atoms with Crippen LogP contribution in [0.4, 0.5) is 5.69 Å². The van der Waals surface area contributed by atoms with Crippen molar-refractivity contribution in [1.82, 2.24) is 9.21 Å². The van der Waals surface area contributed by atoms with Crippen LogP contribution in [0.5, 0.6) is 0 Å². The third-order valence-corrected chi connectivity index (χ3v) is 6.82. The Hall–Kier alpha value is -2.71. The van der Waals surface area contributed by atoms with E-state index in [1.54, 1.807) is 68.7 Å². The fraction of sp³-hybridized carbons (Fsp3) is 0.333. The largest absolute Gasteiger partial charge is 0.345 e. The average Bonchev–Trinajstić information content (AvgIpc) is 2.74. The van der Waals surface area contributed by atoms with E-state index in [0.717, 1.165) is 0 Å². The summed E-state index contributed by atoms with van der Waals surface area (Å²) in [6, 6.07) is 14.9. The first-order valence-corrected chi connectivity index (χ1v) is 10.9. The standard InChI is InChI=1S/C21H25N3O4S/c1-23(2)21(26)16-10-12-18(13-11-16)22-20(25)17-7-6-14-24(15-17)29(27,28)19-8-4-3-5-9-19/h3-5,8-13,17H,6-7,14-15H2,1-2H3,(H,22,25)/t17-/m1/s1. The summed E-state index contributed by atoms with van der Waals surface area (Å²) in [6.45, 7) is 0.558. The summed E-state index contributed by atoms with van der Waals surface area (Å²) in [4.78, 5) is 26.4. The highest BCUT2D eigenvalue weighted by atomic mass is 32.2. The molecule has 0 aromatic heterocycles. The number of sulfonamides is 1. The first-order valence-electron chi connectivity index (χ1n) is 9.47. The molecule has 0 unspecified atom stereocenters. The maximum atomic E-state index is 12.8. The zero-order chi connectivity index (χ0) is 21.0. The fourth-order valence-corrected chi connectivity index (χ4v) is 4.86. The molecule has 1 aliphatic rings. The number of nitrogens with one attached hydrogen (secondary N) is 1. The summed E-state index contributed by atoms with van der Waals surface area (Å²) in [6.07, 6.45) is 1.25. The predicted molar refractivity (Wildman–Crippen MR) is 111 cm³/mol. The van der Waals surface area contributed by atoms with Crippen molar-refractivity contribution in [3.05, 3.63) is 60.2 Å². The molecule has 2 aromatic carbocycles. The van der Waals surface area contributed by atoms with Crippen LogP contribution < -0.4 is 5.32 Å². The van der Waals surface area contributed by atoms with Gasteiger partial charge in [-0.25, -0.2) is 8.42 Å². The molecule has 0 radical (unpaired) electrons. The van der Waals surface area contributed by atoms with E-state index in [0.29, 0.717) is 30.6 Å². The number of nitrogens with zero attached hydrogens (tertiary/aromatic N) is 2. The maximum absolute atomic E-state index is 12.8. The Morgan fingerprint density at radius 2 is 1.69 bits per heavy atom. The smallest absolute Gasteiger partial charge is 0.253 e. The number of benzene rings is 2. The monoisotopic (exact) mass is 415 g/mol. The molecule has 29 heavy (non-hydrogen) atoms. The van der Waals surface area contributed by atoms with Crippen LogP contribution in [0.1, 0.15) is 23.2 Å². The minimum atomic E-state index is -3.61. The van der Waals surface area contributed by atoms with E-state index in [1.807, 2.05) is 0 Å². The summed E-state index contributed by atoms with van der Waals surface area (Å²) in [5, 5.41) is 2.83. The summed E-state index contributed by atoms with van der Waals surface area (Å²) in [7, 11) is -0.260.